The largest absolute Gasteiger partial charge is 0.467 e. The van der Waals surface area contributed by atoms with E-state index in [9.17, 15) is 9.59 Å². The Hall–Kier alpha value is -2.56. The summed E-state index contributed by atoms with van der Waals surface area (Å²) >= 11 is 0. The van der Waals surface area contributed by atoms with E-state index >= 15 is 0 Å². The van der Waals surface area contributed by atoms with Crippen LogP contribution >= 0.6 is 0 Å². The molecule has 0 aliphatic carbocycles. The minimum absolute atomic E-state index is 0.150. The summed E-state index contributed by atoms with van der Waals surface area (Å²) in [5.41, 5.74) is 1.56. The lowest BCUT2D eigenvalue weighted by Gasteiger charge is -2.16. The second-order valence-corrected chi connectivity index (χ2v) is 5.83. The van der Waals surface area contributed by atoms with Gasteiger partial charge in [0.25, 0.3) is 5.91 Å². The van der Waals surface area contributed by atoms with Crippen molar-refractivity contribution in [1.82, 2.24) is 10.2 Å². The Morgan fingerprint density at radius 1 is 1.35 bits per heavy atom. The Kier molecular flexibility index (Phi) is 4.46. The Balaban J connectivity index is 1.66. The molecule has 1 aromatic carbocycles. The third-order valence-electron chi connectivity index (χ3n) is 4.05. The van der Waals surface area contributed by atoms with E-state index in [0.29, 0.717) is 18.5 Å². The number of furan rings is 1. The van der Waals surface area contributed by atoms with Gasteiger partial charge in [-0.15, -0.1) is 0 Å². The van der Waals surface area contributed by atoms with E-state index in [1.807, 2.05) is 36.1 Å². The van der Waals surface area contributed by atoms with Gasteiger partial charge in [0.2, 0.25) is 5.91 Å². The molecule has 1 atom stereocenters. The first kappa shape index (κ1) is 15.3. The van der Waals surface area contributed by atoms with Crippen LogP contribution in [0.1, 0.15) is 47.5 Å². The van der Waals surface area contributed by atoms with Gasteiger partial charge >= 0.3 is 0 Å². The summed E-state index contributed by atoms with van der Waals surface area (Å²) in [4.78, 5) is 25.9. The fourth-order valence-corrected chi connectivity index (χ4v) is 2.79. The van der Waals surface area contributed by atoms with E-state index in [2.05, 4.69) is 5.32 Å². The predicted octanol–water partition coefficient (Wildman–Crippen LogP) is 2.89. The molecule has 0 unspecified atom stereocenters. The van der Waals surface area contributed by atoms with Gasteiger partial charge in [-0.25, -0.2) is 0 Å². The molecule has 2 amide bonds. The van der Waals surface area contributed by atoms with Gasteiger partial charge in [-0.1, -0.05) is 12.1 Å². The number of nitrogens with zero attached hydrogens (tertiary/aromatic N) is 1. The lowest BCUT2D eigenvalue weighted by molar-refractivity contribution is -0.128. The maximum absolute atomic E-state index is 12.4. The number of hydrogen-bond acceptors (Lipinski definition) is 3. The topological polar surface area (TPSA) is 62.6 Å². The van der Waals surface area contributed by atoms with Crippen molar-refractivity contribution in [2.75, 3.05) is 6.54 Å². The van der Waals surface area contributed by atoms with Crippen molar-refractivity contribution in [3.63, 3.8) is 0 Å². The molecule has 2 aromatic rings. The molecule has 5 nitrogen and oxygen atoms in total. The Morgan fingerprint density at radius 3 is 2.91 bits per heavy atom. The summed E-state index contributed by atoms with van der Waals surface area (Å²) in [5.74, 6) is 0.756. The molecule has 1 aliphatic heterocycles. The predicted molar refractivity (Wildman–Crippen MR) is 85.7 cm³/mol. The highest BCUT2D eigenvalue weighted by atomic mass is 16.3. The van der Waals surface area contributed by atoms with Crippen molar-refractivity contribution in [2.45, 2.75) is 32.4 Å². The summed E-state index contributed by atoms with van der Waals surface area (Å²) in [7, 11) is 0. The number of nitrogens with one attached hydrogen (secondary N) is 1. The van der Waals surface area contributed by atoms with Gasteiger partial charge in [-0.2, -0.15) is 0 Å². The second-order valence-electron chi connectivity index (χ2n) is 5.83. The molecule has 1 saturated heterocycles. The van der Waals surface area contributed by atoms with Crippen LogP contribution in [0.2, 0.25) is 0 Å². The van der Waals surface area contributed by atoms with Crippen LogP contribution in [0.3, 0.4) is 0 Å². The normalized spacial score (nSPS) is 15.7. The number of benzene rings is 1. The van der Waals surface area contributed by atoms with Crippen LogP contribution in [0.5, 0.6) is 0 Å². The number of carbonyl (C=O) groups is 2. The van der Waals surface area contributed by atoms with Crippen LogP contribution in [0.15, 0.2) is 47.1 Å². The first-order valence-electron chi connectivity index (χ1n) is 7.84. The Bertz CT molecular complexity index is 694. The molecule has 120 valence electrons. The molecule has 0 spiro atoms. The highest BCUT2D eigenvalue weighted by molar-refractivity contribution is 5.94. The Labute approximate surface area is 135 Å². The third kappa shape index (κ3) is 3.62. The van der Waals surface area contributed by atoms with Gasteiger partial charge in [-0.3, -0.25) is 9.59 Å². The molecule has 1 fully saturated rings. The van der Waals surface area contributed by atoms with Gasteiger partial charge in [0.15, 0.2) is 0 Å². The number of hydrogen-bond donors (Lipinski definition) is 1. The Morgan fingerprint density at radius 2 is 2.22 bits per heavy atom. The fraction of sp³-hybridized carbons (Fsp3) is 0.333. The third-order valence-corrected chi connectivity index (χ3v) is 4.05. The lowest BCUT2D eigenvalue weighted by Crippen LogP contribution is -2.27. The zero-order valence-electron chi connectivity index (χ0n) is 13.1. The van der Waals surface area contributed by atoms with Gasteiger partial charge < -0.3 is 14.6 Å². The molecule has 1 aliphatic rings. The van der Waals surface area contributed by atoms with Crippen LogP contribution in [-0.2, 0) is 11.3 Å². The maximum atomic E-state index is 12.4. The molecular formula is C18H20N2O3. The SMILES string of the molecule is C[C@H](NC(=O)c1cccc(CN2CCCC2=O)c1)c1ccco1. The zero-order valence-corrected chi connectivity index (χ0v) is 13.1. The molecule has 2 heterocycles. The standard InChI is InChI=1S/C18H20N2O3/c1-13(16-7-4-10-23-16)19-18(22)15-6-2-5-14(11-15)12-20-9-3-8-17(20)21/h2,4-7,10-11,13H,3,8-9,12H2,1H3,(H,19,22)/t13-/m0/s1. The molecule has 0 saturated carbocycles. The number of likely N-dealkylation sites (tertiary alicyclic amines) is 1. The quantitative estimate of drug-likeness (QED) is 0.923. The van der Waals surface area contributed by atoms with E-state index < -0.39 is 0 Å². The van der Waals surface area contributed by atoms with E-state index in [4.69, 9.17) is 4.42 Å². The van der Waals surface area contributed by atoms with Crippen LogP contribution < -0.4 is 5.32 Å². The summed E-state index contributed by atoms with van der Waals surface area (Å²) in [6.45, 7) is 3.24. The van der Waals surface area contributed by atoms with E-state index in [0.717, 1.165) is 24.3 Å². The van der Waals surface area contributed by atoms with Crippen LogP contribution in [0.25, 0.3) is 0 Å². The highest BCUT2D eigenvalue weighted by Crippen LogP contribution is 2.17. The molecule has 1 N–H and O–H groups in total. The minimum Gasteiger partial charge on any atom is -0.467 e. The van der Waals surface area contributed by atoms with Gasteiger partial charge in [0, 0.05) is 25.1 Å². The molecule has 23 heavy (non-hydrogen) atoms. The molecule has 3 rings (SSSR count). The minimum atomic E-state index is -0.193. The summed E-state index contributed by atoms with van der Waals surface area (Å²) in [5, 5.41) is 2.91. The first-order valence-corrected chi connectivity index (χ1v) is 7.84. The molecule has 0 radical (unpaired) electrons. The van der Waals surface area contributed by atoms with Crippen molar-refractivity contribution in [1.29, 1.82) is 0 Å². The van der Waals surface area contributed by atoms with Gasteiger partial charge in [0.1, 0.15) is 5.76 Å². The zero-order chi connectivity index (χ0) is 16.2. The van der Waals surface area contributed by atoms with E-state index in [1.54, 1.807) is 18.4 Å². The average molecular weight is 312 g/mol. The number of amides is 2. The van der Waals surface area contributed by atoms with Gasteiger partial charge in [-0.05, 0) is 43.2 Å². The van der Waals surface area contributed by atoms with E-state index in [-0.39, 0.29) is 17.9 Å². The average Bonchev–Trinajstić information content (AvgIpc) is 3.20. The molecule has 1 aromatic heterocycles. The van der Waals surface area contributed by atoms with Crippen molar-refractivity contribution in [2.24, 2.45) is 0 Å². The molecule has 0 bridgehead atoms. The molecule has 5 heteroatoms. The van der Waals surface area contributed by atoms with Crippen molar-refractivity contribution in [3.05, 3.63) is 59.5 Å². The van der Waals surface area contributed by atoms with Crippen molar-refractivity contribution in [3.8, 4) is 0 Å². The van der Waals surface area contributed by atoms with Crippen LogP contribution in [-0.4, -0.2) is 23.3 Å². The van der Waals surface area contributed by atoms with Gasteiger partial charge in [0.05, 0.1) is 12.3 Å². The van der Waals surface area contributed by atoms with Crippen molar-refractivity contribution >= 4 is 11.8 Å². The first-order chi connectivity index (χ1) is 11.1. The van der Waals surface area contributed by atoms with Crippen LogP contribution in [0, 0.1) is 0 Å². The number of carbonyl (C=O) groups excluding carboxylic acids is 2. The monoisotopic (exact) mass is 312 g/mol. The lowest BCUT2D eigenvalue weighted by atomic mass is 10.1. The summed E-state index contributed by atoms with van der Waals surface area (Å²) in [6, 6.07) is 10.9. The smallest absolute Gasteiger partial charge is 0.251 e. The molecular weight excluding hydrogens is 292 g/mol. The highest BCUT2D eigenvalue weighted by Gasteiger charge is 2.20. The van der Waals surface area contributed by atoms with Crippen LogP contribution in [0.4, 0.5) is 0 Å². The van der Waals surface area contributed by atoms with E-state index in [1.165, 1.54) is 0 Å². The van der Waals surface area contributed by atoms with Crippen molar-refractivity contribution < 1.29 is 14.0 Å². The second kappa shape index (κ2) is 6.69. The summed E-state index contributed by atoms with van der Waals surface area (Å²) in [6.07, 6.45) is 3.13. The fourth-order valence-electron chi connectivity index (χ4n) is 2.79. The summed E-state index contributed by atoms with van der Waals surface area (Å²) < 4.78 is 5.30. The maximum Gasteiger partial charge on any atom is 0.251 e. The number of rotatable bonds is 5.